The molecule has 0 radical (unpaired) electrons. The van der Waals surface area contributed by atoms with Gasteiger partial charge in [0.1, 0.15) is 12.1 Å². The fourth-order valence-electron chi connectivity index (χ4n) is 4.57. The van der Waals surface area contributed by atoms with E-state index in [0.29, 0.717) is 13.1 Å². The van der Waals surface area contributed by atoms with Gasteiger partial charge in [0, 0.05) is 41.7 Å². The Kier molecular flexibility index (Phi) is 3.60. The van der Waals surface area contributed by atoms with Gasteiger partial charge in [0.05, 0.1) is 0 Å². The van der Waals surface area contributed by atoms with E-state index >= 15 is 0 Å². The number of fused-ring (bicyclic) bond motifs is 3. The van der Waals surface area contributed by atoms with Crippen LogP contribution in [0, 0.1) is 12.8 Å². The third-order valence-electron chi connectivity index (χ3n) is 6.47. The highest BCUT2D eigenvalue weighted by molar-refractivity contribution is 6.09. The van der Waals surface area contributed by atoms with Crippen LogP contribution in [0.3, 0.4) is 0 Å². The molecule has 1 unspecified atom stereocenters. The highest BCUT2D eigenvalue weighted by Gasteiger charge is 2.56. The standard InChI is InChI=1S/C21H24N4O3/c1-12-3-6-16-14(9-12)15-10-24(8-7-17(15)22-16)18(26)11-25-19(27)21(2,13-4-5-13)23-20(25)28/h3,6,9,13,22H,4-5,7-8,10-11H2,1-2H3,(H,23,28). The molecule has 2 aromatic rings. The number of carbonyl (C=O) groups excluding carboxylic acids is 3. The Morgan fingerprint density at radius 2 is 2.07 bits per heavy atom. The Balaban J connectivity index is 1.34. The molecule has 1 aliphatic carbocycles. The summed E-state index contributed by atoms with van der Waals surface area (Å²) in [5, 5.41) is 3.95. The van der Waals surface area contributed by atoms with Crippen molar-refractivity contribution >= 4 is 28.7 Å². The average molecular weight is 380 g/mol. The minimum Gasteiger partial charge on any atom is -0.358 e. The number of benzene rings is 1. The fraction of sp³-hybridized carbons (Fsp3) is 0.476. The van der Waals surface area contributed by atoms with Crippen molar-refractivity contribution in [2.24, 2.45) is 5.92 Å². The van der Waals surface area contributed by atoms with Crippen LogP contribution in [0.15, 0.2) is 18.2 Å². The SMILES string of the molecule is Cc1ccc2[nH]c3c(c2c1)CN(C(=O)CN1C(=O)NC(C)(C2CC2)C1=O)CC3. The second-order valence-electron chi connectivity index (χ2n) is 8.49. The smallest absolute Gasteiger partial charge is 0.325 e. The van der Waals surface area contributed by atoms with Gasteiger partial charge in [-0.25, -0.2) is 4.79 Å². The predicted octanol–water partition coefficient (Wildman–Crippen LogP) is 2.08. The first-order valence-corrected chi connectivity index (χ1v) is 9.89. The lowest BCUT2D eigenvalue weighted by molar-refractivity contribution is -0.139. The molecule has 1 saturated heterocycles. The van der Waals surface area contributed by atoms with Gasteiger partial charge >= 0.3 is 6.03 Å². The Labute approximate surface area is 163 Å². The Hall–Kier alpha value is -2.83. The van der Waals surface area contributed by atoms with Crippen molar-refractivity contribution < 1.29 is 14.4 Å². The van der Waals surface area contributed by atoms with Crippen molar-refractivity contribution in [2.75, 3.05) is 13.1 Å². The van der Waals surface area contributed by atoms with Crippen LogP contribution < -0.4 is 5.32 Å². The molecule has 3 heterocycles. The molecular formula is C21H24N4O3. The van der Waals surface area contributed by atoms with E-state index in [1.165, 1.54) is 11.3 Å². The molecule has 28 heavy (non-hydrogen) atoms. The maximum absolute atomic E-state index is 12.9. The molecule has 1 aromatic carbocycles. The quantitative estimate of drug-likeness (QED) is 0.800. The molecule has 2 fully saturated rings. The van der Waals surface area contributed by atoms with E-state index < -0.39 is 11.6 Å². The number of nitrogens with zero attached hydrogens (tertiary/aromatic N) is 2. The third-order valence-corrected chi connectivity index (χ3v) is 6.47. The lowest BCUT2D eigenvalue weighted by Crippen LogP contribution is -2.47. The molecule has 1 aromatic heterocycles. The van der Waals surface area contributed by atoms with Gasteiger partial charge in [0.25, 0.3) is 5.91 Å². The summed E-state index contributed by atoms with van der Waals surface area (Å²) in [5.41, 5.74) is 3.72. The lowest BCUT2D eigenvalue weighted by Gasteiger charge is -2.28. The molecule has 7 nitrogen and oxygen atoms in total. The van der Waals surface area contributed by atoms with Crippen LogP contribution >= 0.6 is 0 Å². The maximum Gasteiger partial charge on any atom is 0.325 e. The van der Waals surface area contributed by atoms with Gasteiger partial charge < -0.3 is 15.2 Å². The number of aromatic amines is 1. The van der Waals surface area contributed by atoms with E-state index in [0.717, 1.165) is 40.6 Å². The van der Waals surface area contributed by atoms with E-state index in [1.807, 2.05) is 0 Å². The monoisotopic (exact) mass is 380 g/mol. The predicted molar refractivity (Wildman–Crippen MR) is 104 cm³/mol. The first kappa shape index (κ1) is 17.3. The molecule has 2 N–H and O–H groups in total. The zero-order valence-corrected chi connectivity index (χ0v) is 16.2. The van der Waals surface area contributed by atoms with Crippen LogP contribution in [0.4, 0.5) is 4.79 Å². The zero-order valence-electron chi connectivity index (χ0n) is 16.2. The number of nitrogens with one attached hydrogen (secondary N) is 2. The number of rotatable bonds is 3. The number of carbonyl (C=O) groups is 3. The van der Waals surface area contributed by atoms with Crippen molar-refractivity contribution in [3.63, 3.8) is 0 Å². The fourth-order valence-corrected chi connectivity index (χ4v) is 4.57. The molecule has 2 aliphatic heterocycles. The van der Waals surface area contributed by atoms with Crippen molar-refractivity contribution in [1.29, 1.82) is 0 Å². The van der Waals surface area contributed by atoms with Crippen LogP contribution in [0.1, 0.15) is 36.6 Å². The van der Waals surface area contributed by atoms with E-state index in [9.17, 15) is 14.4 Å². The minimum absolute atomic E-state index is 0.184. The van der Waals surface area contributed by atoms with Gasteiger partial charge in [0.15, 0.2) is 0 Å². The number of H-pyrrole nitrogens is 1. The number of imide groups is 1. The van der Waals surface area contributed by atoms with Gasteiger partial charge in [-0.15, -0.1) is 0 Å². The van der Waals surface area contributed by atoms with Gasteiger partial charge in [-0.05, 0) is 44.7 Å². The van der Waals surface area contributed by atoms with Gasteiger partial charge in [-0.1, -0.05) is 11.6 Å². The van der Waals surface area contributed by atoms with Crippen molar-refractivity contribution in [2.45, 2.75) is 45.2 Å². The molecule has 1 saturated carbocycles. The molecule has 5 rings (SSSR count). The summed E-state index contributed by atoms with van der Waals surface area (Å²) in [6.45, 7) is 4.72. The van der Waals surface area contributed by atoms with Gasteiger partial charge in [-0.2, -0.15) is 0 Å². The number of urea groups is 1. The Morgan fingerprint density at radius 1 is 1.29 bits per heavy atom. The Morgan fingerprint density at radius 3 is 2.82 bits per heavy atom. The molecule has 0 bridgehead atoms. The summed E-state index contributed by atoms with van der Waals surface area (Å²) < 4.78 is 0. The zero-order chi connectivity index (χ0) is 19.6. The third kappa shape index (κ3) is 2.52. The molecular weight excluding hydrogens is 356 g/mol. The first-order valence-electron chi connectivity index (χ1n) is 9.89. The topological polar surface area (TPSA) is 85.5 Å². The molecule has 1 atom stereocenters. The van der Waals surface area contributed by atoms with Crippen LogP contribution in [0.25, 0.3) is 10.9 Å². The summed E-state index contributed by atoms with van der Waals surface area (Å²) in [6.07, 6.45) is 2.63. The molecule has 7 heteroatoms. The van der Waals surface area contributed by atoms with E-state index in [-0.39, 0.29) is 24.3 Å². The molecule has 146 valence electrons. The highest BCUT2D eigenvalue weighted by Crippen LogP contribution is 2.42. The second kappa shape index (κ2) is 5.83. The van der Waals surface area contributed by atoms with Crippen LogP contribution in [-0.2, 0) is 22.6 Å². The van der Waals surface area contributed by atoms with Crippen LogP contribution in [-0.4, -0.2) is 51.3 Å². The Bertz CT molecular complexity index is 1020. The number of amides is 4. The van der Waals surface area contributed by atoms with E-state index in [1.54, 1.807) is 11.8 Å². The summed E-state index contributed by atoms with van der Waals surface area (Å²) in [4.78, 5) is 44.3. The summed E-state index contributed by atoms with van der Waals surface area (Å²) in [7, 11) is 0. The lowest BCUT2D eigenvalue weighted by atomic mass is 9.96. The number of hydrogen-bond donors (Lipinski definition) is 2. The normalized spacial score (nSPS) is 24.6. The van der Waals surface area contributed by atoms with Crippen molar-refractivity contribution in [1.82, 2.24) is 20.1 Å². The highest BCUT2D eigenvalue weighted by atomic mass is 16.2. The maximum atomic E-state index is 12.9. The minimum atomic E-state index is -0.846. The van der Waals surface area contributed by atoms with E-state index in [2.05, 4.69) is 35.4 Å². The largest absolute Gasteiger partial charge is 0.358 e. The number of aryl methyl sites for hydroxylation is 1. The number of hydrogen-bond acceptors (Lipinski definition) is 3. The van der Waals surface area contributed by atoms with Crippen molar-refractivity contribution in [3.8, 4) is 0 Å². The van der Waals surface area contributed by atoms with Crippen LogP contribution in [0.2, 0.25) is 0 Å². The summed E-state index contributed by atoms with van der Waals surface area (Å²) in [5.74, 6) is -0.263. The molecule has 4 amide bonds. The second-order valence-corrected chi connectivity index (χ2v) is 8.49. The molecule has 0 spiro atoms. The van der Waals surface area contributed by atoms with Gasteiger partial charge in [-0.3, -0.25) is 14.5 Å². The average Bonchev–Trinajstić information content (AvgIpc) is 3.43. The summed E-state index contributed by atoms with van der Waals surface area (Å²) >= 11 is 0. The first-order chi connectivity index (χ1) is 13.4. The molecule has 3 aliphatic rings. The number of aromatic nitrogens is 1. The van der Waals surface area contributed by atoms with Crippen molar-refractivity contribution in [3.05, 3.63) is 35.0 Å². The van der Waals surface area contributed by atoms with E-state index in [4.69, 9.17) is 0 Å². The summed E-state index contributed by atoms with van der Waals surface area (Å²) in [6, 6.07) is 5.83. The van der Waals surface area contributed by atoms with Gasteiger partial charge in [0.2, 0.25) is 5.91 Å². The van der Waals surface area contributed by atoms with Crippen LogP contribution in [0.5, 0.6) is 0 Å².